The number of amides is 1. The first-order chi connectivity index (χ1) is 10.1. The lowest BCUT2D eigenvalue weighted by atomic mass is 9.97. The summed E-state index contributed by atoms with van der Waals surface area (Å²) in [5.41, 5.74) is 6.59. The van der Waals surface area contributed by atoms with Crippen molar-refractivity contribution in [3.63, 3.8) is 0 Å². The summed E-state index contributed by atoms with van der Waals surface area (Å²) in [6, 6.07) is 0. The largest absolute Gasteiger partial charge is 0.382 e. The van der Waals surface area contributed by atoms with Gasteiger partial charge in [-0.1, -0.05) is 18.5 Å². The molecule has 2 N–H and O–H groups in total. The number of fused-ring (bicyclic) bond motifs is 1. The minimum Gasteiger partial charge on any atom is -0.382 e. The summed E-state index contributed by atoms with van der Waals surface area (Å²) < 4.78 is 1.84. The molecule has 1 aliphatic rings. The van der Waals surface area contributed by atoms with E-state index in [1.807, 2.05) is 16.2 Å². The van der Waals surface area contributed by atoms with Crippen LogP contribution in [0.25, 0.3) is 5.52 Å². The van der Waals surface area contributed by atoms with Crippen molar-refractivity contribution in [1.82, 2.24) is 19.3 Å². The van der Waals surface area contributed by atoms with Crippen LogP contribution in [-0.2, 0) is 4.79 Å². The van der Waals surface area contributed by atoms with Crippen LogP contribution in [0.5, 0.6) is 0 Å². The van der Waals surface area contributed by atoms with Crippen LogP contribution in [-0.4, -0.2) is 38.3 Å². The van der Waals surface area contributed by atoms with Crippen molar-refractivity contribution in [3.8, 4) is 0 Å². The number of halogens is 1. The average Bonchev–Trinajstić information content (AvgIpc) is 2.96. The fourth-order valence-electron chi connectivity index (χ4n) is 2.94. The molecule has 112 valence electrons. The maximum Gasteiger partial charge on any atom is 0.222 e. The third kappa shape index (κ3) is 2.44. The number of carbonyl (C=O) groups is 1. The second kappa shape index (κ2) is 5.52. The number of likely N-dealkylation sites (tertiary alicyclic amines) is 1. The lowest BCUT2D eigenvalue weighted by Gasteiger charge is -2.32. The third-order valence-corrected chi connectivity index (χ3v) is 4.28. The second-order valence-electron chi connectivity index (χ2n) is 5.34. The van der Waals surface area contributed by atoms with Gasteiger partial charge in [0.1, 0.15) is 22.3 Å². The van der Waals surface area contributed by atoms with E-state index in [2.05, 4.69) is 9.97 Å². The number of hydrogen-bond acceptors (Lipinski definition) is 4. The van der Waals surface area contributed by atoms with E-state index < -0.39 is 0 Å². The van der Waals surface area contributed by atoms with Gasteiger partial charge in [-0.15, -0.1) is 0 Å². The van der Waals surface area contributed by atoms with Crippen LogP contribution < -0.4 is 5.73 Å². The predicted octanol–water partition coefficient (Wildman–Crippen LogP) is 2.08. The minimum absolute atomic E-state index is 0.177. The highest BCUT2D eigenvalue weighted by atomic mass is 35.5. The lowest BCUT2D eigenvalue weighted by molar-refractivity contribution is -0.132. The smallest absolute Gasteiger partial charge is 0.222 e. The van der Waals surface area contributed by atoms with Gasteiger partial charge in [-0.3, -0.25) is 9.20 Å². The van der Waals surface area contributed by atoms with E-state index in [1.54, 1.807) is 6.20 Å². The van der Waals surface area contributed by atoms with Crippen LogP contribution in [0.2, 0.25) is 5.15 Å². The summed E-state index contributed by atoms with van der Waals surface area (Å²) in [5.74, 6) is 1.64. The molecule has 1 fully saturated rings. The molecule has 2 aromatic heterocycles. The highest BCUT2D eigenvalue weighted by Gasteiger charge is 2.27. The Morgan fingerprint density at radius 2 is 2.29 bits per heavy atom. The van der Waals surface area contributed by atoms with Gasteiger partial charge in [-0.2, -0.15) is 0 Å². The zero-order valence-electron chi connectivity index (χ0n) is 11.9. The zero-order chi connectivity index (χ0) is 15.0. The van der Waals surface area contributed by atoms with Crippen LogP contribution in [0.1, 0.15) is 37.9 Å². The molecule has 1 unspecified atom stereocenters. The maximum absolute atomic E-state index is 11.9. The molecule has 1 atom stereocenters. The number of piperidine rings is 1. The van der Waals surface area contributed by atoms with Crippen LogP contribution in [0, 0.1) is 0 Å². The van der Waals surface area contributed by atoms with Crippen LogP contribution in [0.4, 0.5) is 5.82 Å². The molecule has 7 heteroatoms. The minimum atomic E-state index is 0.177. The molecule has 0 saturated carbocycles. The molecule has 3 rings (SSSR count). The second-order valence-corrected chi connectivity index (χ2v) is 5.72. The monoisotopic (exact) mass is 307 g/mol. The normalized spacial score (nSPS) is 19.1. The zero-order valence-corrected chi connectivity index (χ0v) is 12.7. The molecule has 21 heavy (non-hydrogen) atoms. The molecule has 0 aromatic carbocycles. The topological polar surface area (TPSA) is 76.5 Å². The predicted molar refractivity (Wildman–Crippen MR) is 81.3 cm³/mol. The van der Waals surface area contributed by atoms with Crippen LogP contribution in [0.15, 0.2) is 12.4 Å². The lowest BCUT2D eigenvalue weighted by Crippen LogP contribution is -2.39. The van der Waals surface area contributed by atoms with E-state index in [-0.39, 0.29) is 11.8 Å². The quantitative estimate of drug-likeness (QED) is 0.921. The van der Waals surface area contributed by atoms with Gasteiger partial charge in [0.05, 0.1) is 12.4 Å². The Balaban J connectivity index is 1.97. The first kappa shape index (κ1) is 14.1. The van der Waals surface area contributed by atoms with Gasteiger partial charge < -0.3 is 10.6 Å². The molecule has 0 bridgehead atoms. The maximum atomic E-state index is 11.9. The first-order valence-electron chi connectivity index (χ1n) is 7.17. The summed E-state index contributed by atoms with van der Waals surface area (Å²) >= 11 is 6.25. The van der Waals surface area contributed by atoms with Crippen molar-refractivity contribution < 1.29 is 4.79 Å². The SMILES string of the molecule is CCC(=O)N1CCCC(c2ncc3c(N)ncc(Cl)n23)C1. The van der Waals surface area contributed by atoms with Crippen molar-refractivity contribution in [2.45, 2.75) is 32.1 Å². The van der Waals surface area contributed by atoms with Crippen LogP contribution in [0.3, 0.4) is 0 Å². The van der Waals surface area contributed by atoms with E-state index in [1.165, 1.54) is 6.20 Å². The van der Waals surface area contributed by atoms with Crippen molar-refractivity contribution in [2.75, 3.05) is 18.8 Å². The number of nitrogens with two attached hydrogens (primary N) is 1. The Kier molecular flexibility index (Phi) is 3.71. The number of aromatic nitrogens is 3. The van der Waals surface area contributed by atoms with Gasteiger partial charge in [-0.05, 0) is 12.8 Å². The Morgan fingerprint density at radius 3 is 3.05 bits per heavy atom. The Morgan fingerprint density at radius 1 is 1.48 bits per heavy atom. The number of anilines is 1. The number of imidazole rings is 1. The molecule has 1 amide bonds. The van der Waals surface area contributed by atoms with Gasteiger partial charge in [-0.25, -0.2) is 9.97 Å². The highest BCUT2D eigenvalue weighted by molar-refractivity contribution is 6.29. The Hall–Kier alpha value is -1.82. The van der Waals surface area contributed by atoms with Gasteiger partial charge in [0.2, 0.25) is 5.91 Å². The summed E-state index contributed by atoms with van der Waals surface area (Å²) in [6.07, 6.45) is 5.73. The summed E-state index contributed by atoms with van der Waals surface area (Å²) in [6.45, 7) is 3.40. The number of carbonyl (C=O) groups excluding carboxylic acids is 1. The average molecular weight is 308 g/mol. The molecule has 2 aromatic rings. The molecule has 0 radical (unpaired) electrons. The fraction of sp³-hybridized carbons (Fsp3) is 0.500. The van der Waals surface area contributed by atoms with Gasteiger partial charge >= 0.3 is 0 Å². The van der Waals surface area contributed by atoms with E-state index in [9.17, 15) is 4.79 Å². The van der Waals surface area contributed by atoms with Gasteiger partial charge in [0.15, 0.2) is 0 Å². The van der Waals surface area contributed by atoms with Gasteiger partial charge in [0.25, 0.3) is 0 Å². The Bertz CT molecular complexity index is 683. The van der Waals surface area contributed by atoms with E-state index in [4.69, 9.17) is 17.3 Å². The first-order valence-corrected chi connectivity index (χ1v) is 7.54. The molecule has 0 spiro atoms. The van der Waals surface area contributed by atoms with Crippen molar-refractivity contribution in [3.05, 3.63) is 23.4 Å². The Labute approximate surface area is 127 Å². The van der Waals surface area contributed by atoms with Crippen molar-refractivity contribution in [1.29, 1.82) is 0 Å². The molecule has 0 aliphatic carbocycles. The fourth-order valence-corrected chi connectivity index (χ4v) is 3.17. The van der Waals surface area contributed by atoms with Crippen molar-refractivity contribution in [2.24, 2.45) is 0 Å². The molecular formula is C14H18ClN5O. The van der Waals surface area contributed by atoms with E-state index in [0.29, 0.717) is 23.9 Å². The number of rotatable bonds is 2. The van der Waals surface area contributed by atoms with E-state index >= 15 is 0 Å². The highest BCUT2D eigenvalue weighted by Crippen LogP contribution is 2.29. The summed E-state index contributed by atoms with van der Waals surface area (Å²) in [7, 11) is 0. The summed E-state index contributed by atoms with van der Waals surface area (Å²) in [5, 5.41) is 0.491. The summed E-state index contributed by atoms with van der Waals surface area (Å²) in [4.78, 5) is 22.3. The number of nitrogen functional groups attached to an aromatic ring is 1. The molecule has 1 aliphatic heterocycles. The molecule has 1 saturated heterocycles. The number of nitrogens with zero attached hydrogens (tertiary/aromatic N) is 4. The molecular weight excluding hydrogens is 290 g/mol. The third-order valence-electron chi connectivity index (χ3n) is 4.02. The van der Waals surface area contributed by atoms with Crippen molar-refractivity contribution >= 4 is 28.8 Å². The van der Waals surface area contributed by atoms with E-state index in [0.717, 1.165) is 30.7 Å². The molecule has 6 nitrogen and oxygen atoms in total. The standard InChI is InChI=1S/C14H18ClN5O/c1-2-12(21)19-5-3-4-9(8-19)14-18-6-10-13(16)17-7-11(15)20(10)14/h6-7,9H,2-5,8H2,1H3,(H2,16,17). The molecule has 3 heterocycles. The van der Waals surface area contributed by atoms with Crippen LogP contribution >= 0.6 is 11.6 Å². The van der Waals surface area contributed by atoms with Gasteiger partial charge in [0, 0.05) is 25.4 Å². The number of hydrogen-bond donors (Lipinski definition) is 1.